The molecular formula is C11H16N2O2. The third-order valence-corrected chi connectivity index (χ3v) is 1.99. The van der Waals surface area contributed by atoms with Crippen molar-refractivity contribution in [2.24, 2.45) is 0 Å². The van der Waals surface area contributed by atoms with Gasteiger partial charge in [-0.1, -0.05) is 6.07 Å². The molecule has 0 fully saturated rings. The van der Waals surface area contributed by atoms with Crippen molar-refractivity contribution in [1.29, 1.82) is 0 Å². The quantitative estimate of drug-likeness (QED) is 0.716. The van der Waals surface area contributed by atoms with Crippen molar-refractivity contribution in [3.63, 3.8) is 0 Å². The summed E-state index contributed by atoms with van der Waals surface area (Å²) in [6, 6.07) is 5.72. The van der Waals surface area contributed by atoms with Crippen LogP contribution in [0, 0.1) is 0 Å². The molecule has 0 aliphatic heterocycles. The number of hydrogen-bond acceptors (Lipinski definition) is 3. The van der Waals surface area contributed by atoms with Crippen molar-refractivity contribution in [3.05, 3.63) is 30.1 Å². The molecule has 0 radical (unpaired) electrons. The summed E-state index contributed by atoms with van der Waals surface area (Å²) in [5, 5.41) is 11.3. The van der Waals surface area contributed by atoms with Gasteiger partial charge in [-0.3, -0.25) is 9.78 Å². The fourth-order valence-electron chi connectivity index (χ4n) is 1.20. The summed E-state index contributed by atoms with van der Waals surface area (Å²) in [7, 11) is 0. The summed E-state index contributed by atoms with van der Waals surface area (Å²) in [4.78, 5) is 15.3. The molecular weight excluding hydrogens is 192 g/mol. The first-order valence-corrected chi connectivity index (χ1v) is 5.10. The number of hydrogen-bond donors (Lipinski definition) is 2. The van der Waals surface area contributed by atoms with Crippen LogP contribution in [0.4, 0.5) is 0 Å². The topological polar surface area (TPSA) is 62.2 Å². The summed E-state index contributed by atoms with van der Waals surface area (Å²) in [6.45, 7) is 0.662. The molecule has 4 nitrogen and oxygen atoms in total. The van der Waals surface area contributed by atoms with E-state index < -0.39 is 0 Å². The lowest BCUT2D eigenvalue weighted by molar-refractivity contribution is -0.121. The van der Waals surface area contributed by atoms with Crippen LogP contribution in [-0.4, -0.2) is 29.1 Å². The van der Waals surface area contributed by atoms with Crippen LogP contribution < -0.4 is 5.32 Å². The Balaban J connectivity index is 2.14. The Morgan fingerprint density at radius 3 is 3.00 bits per heavy atom. The Labute approximate surface area is 89.3 Å². The number of pyridine rings is 1. The Bertz CT molecular complexity index is 288. The van der Waals surface area contributed by atoms with Gasteiger partial charge in [0.15, 0.2) is 0 Å². The maximum Gasteiger partial charge on any atom is 0.220 e. The normalized spacial score (nSPS) is 9.93. The average molecular weight is 208 g/mol. The fraction of sp³-hybridized carbons (Fsp3) is 0.455. The zero-order valence-corrected chi connectivity index (χ0v) is 8.65. The van der Waals surface area contributed by atoms with Crippen LogP contribution in [0.2, 0.25) is 0 Å². The molecule has 4 heteroatoms. The highest BCUT2D eigenvalue weighted by Gasteiger charge is 1.99. The molecule has 0 aromatic carbocycles. The Kier molecular flexibility index (Phi) is 5.40. The van der Waals surface area contributed by atoms with Crippen LogP contribution in [-0.2, 0) is 11.2 Å². The highest BCUT2D eigenvalue weighted by atomic mass is 16.3. The number of carbonyl (C=O) groups excluding carboxylic acids is 1. The van der Waals surface area contributed by atoms with Crippen molar-refractivity contribution in [2.75, 3.05) is 13.2 Å². The minimum Gasteiger partial charge on any atom is -0.396 e. The number of rotatable bonds is 6. The lowest BCUT2D eigenvalue weighted by atomic mass is 10.2. The predicted octanol–water partition coefficient (Wildman–Crippen LogP) is 0.513. The van der Waals surface area contributed by atoms with Crippen LogP contribution in [0.15, 0.2) is 24.4 Å². The van der Waals surface area contributed by atoms with E-state index in [0.717, 1.165) is 12.1 Å². The SMILES string of the molecule is O=C(CCCO)NCCc1ccccn1. The molecule has 1 aromatic rings. The molecule has 1 amide bonds. The first-order valence-electron chi connectivity index (χ1n) is 5.10. The van der Waals surface area contributed by atoms with Crippen molar-refractivity contribution in [1.82, 2.24) is 10.3 Å². The third kappa shape index (κ3) is 5.12. The van der Waals surface area contributed by atoms with Crippen LogP contribution in [0.25, 0.3) is 0 Å². The smallest absolute Gasteiger partial charge is 0.220 e. The Morgan fingerprint density at radius 2 is 2.33 bits per heavy atom. The van der Waals surface area contributed by atoms with E-state index in [1.807, 2.05) is 18.2 Å². The molecule has 0 aliphatic rings. The predicted molar refractivity (Wildman–Crippen MR) is 57.3 cm³/mol. The molecule has 1 rings (SSSR count). The molecule has 2 N–H and O–H groups in total. The van der Waals surface area contributed by atoms with Crippen molar-refractivity contribution >= 4 is 5.91 Å². The zero-order chi connectivity index (χ0) is 10.9. The lowest BCUT2D eigenvalue weighted by Crippen LogP contribution is -2.25. The van der Waals surface area contributed by atoms with E-state index in [1.165, 1.54) is 0 Å². The van der Waals surface area contributed by atoms with Gasteiger partial charge in [-0.2, -0.15) is 0 Å². The monoisotopic (exact) mass is 208 g/mol. The molecule has 0 aliphatic carbocycles. The van der Waals surface area contributed by atoms with E-state index in [9.17, 15) is 4.79 Å². The van der Waals surface area contributed by atoms with Gasteiger partial charge >= 0.3 is 0 Å². The summed E-state index contributed by atoms with van der Waals surface area (Å²) in [5.41, 5.74) is 0.972. The summed E-state index contributed by atoms with van der Waals surface area (Å²) in [6.07, 6.45) is 3.39. The van der Waals surface area contributed by atoms with E-state index in [1.54, 1.807) is 6.20 Å². The maximum absolute atomic E-state index is 11.1. The second-order valence-corrected chi connectivity index (χ2v) is 3.25. The van der Waals surface area contributed by atoms with Gasteiger partial charge in [0.25, 0.3) is 0 Å². The van der Waals surface area contributed by atoms with Crippen LogP contribution >= 0.6 is 0 Å². The largest absolute Gasteiger partial charge is 0.396 e. The van der Waals surface area contributed by atoms with Gasteiger partial charge in [0.2, 0.25) is 5.91 Å². The molecule has 0 unspecified atom stereocenters. The van der Waals surface area contributed by atoms with Crippen LogP contribution in [0.1, 0.15) is 18.5 Å². The van der Waals surface area contributed by atoms with Crippen molar-refractivity contribution < 1.29 is 9.90 Å². The number of aliphatic hydroxyl groups excluding tert-OH is 1. The number of nitrogens with one attached hydrogen (secondary N) is 1. The second-order valence-electron chi connectivity index (χ2n) is 3.25. The molecule has 0 bridgehead atoms. The minimum atomic E-state index is -0.0139. The minimum absolute atomic E-state index is 0.0139. The van der Waals surface area contributed by atoms with Gasteiger partial charge in [0.05, 0.1) is 0 Å². The van der Waals surface area contributed by atoms with E-state index in [-0.39, 0.29) is 12.5 Å². The number of amides is 1. The molecule has 15 heavy (non-hydrogen) atoms. The number of aliphatic hydroxyl groups is 1. The van der Waals surface area contributed by atoms with Gasteiger partial charge in [0.1, 0.15) is 0 Å². The van der Waals surface area contributed by atoms with E-state index >= 15 is 0 Å². The molecule has 0 atom stereocenters. The van der Waals surface area contributed by atoms with Gasteiger partial charge in [0, 0.05) is 37.9 Å². The van der Waals surface area contributed by atoms with Gasteiger partial charge in [-0.05, 0) is 18.6 Å². The third-order valence-electron chi connectivity index (χ3n) is 1.99. The number of nitrogens with zero attached hydrogens (tertiary/aromatic N) is 1. The summed E-state index contributed by atoms with van der Waals surface area (Å²) < 4.78 is 0. The van der Waals surface area contributed by atoms with Crippen molar-refractivity contribution in [2.45, 2.75) is 19.3 Å². The summed E-state index contributed by atoms with van der Waals surface area (Å²) >= 11 is 0. The number of carbonyl (C=O) groups is 1. The van der Waals surface area contributed by atoms with Gasteiger partial charge in [-0.15, -0.1) is 0 Å². The second kappa shape index (κ2) is 6.95. The fourth-order valence-corrected chi connectivity index (χ4v) is 1.20. The van der Waals surface area contributed by atoms with Crippen LogP contribution in [0.5, 0.6) is 0 Å². The standard InChI is InChI=1S/C11H16N2O2/c14-9-3-5-11(15)13-8-6-10-4-1-2-7-12-10/h1-2,4,7,14H,3,5-6,8-9H2,(H,13,15). The Morgan fingerprint density at radius 1 is 1.47 bits per heavy atom. The van der Waals surface area contributed by atoms with Crippen molar-refractivity contribution in [3.8, 4) is 0 Å². The summed E-state index contributed by atoms with van der Waals surface area (Å²) in [5.74, 6) is -0.0139. The van der Waals surface area contributed by atoms with Gasteiger partial charge < -0.3 is 10.4 Å². The lowest BCUT2D eigenvalue weighted by Gasteiger charge is -2.03. The number of aromatic nitrogens is 1. The maximum atomic E-state index is 11.1. The zero-order valence-electron chi connectivity index (χ0n) is 8.65. The van der Waals surface area contributed by atoms with E-state index in [0.29, 0.717) is 19.4 Å². The van der Waals surface area contributed by atoms with Crippen LogP contribution in [0.3, 0.4) is 0 Å². The highest BCUT2D eigenvalue weighted by Crippen LogP contribution is 1.93. The first-order chi connectivity index (χ1) is 7.33. The van der Waals surface area contributed by atoms with Gasteiger partial charge in [-0.25, -0.2) is 0 Å². The molecule has 0 saturated carbocycles. The average Bonchev–Trinajstić information content (AvgIpc) is 2.28. The molecule has 1 aromatic heterocycles. The van der Waals surface area contributed by atoms with E-state index in [4.69, 9.17) is 5.11 Å². The Hall–Kier alpha value is -1.42. The highest BCUT2D eigenvalue weighted by molar-refractivity contribution is 5.75. The van der Waals surface area contributed by atoms with E-state index in [2.05, 4.69) is 10.3 Å². The first kappa shape index (κ1) is 11.7. The molecule has 1 heterocycles. The molecule has 82 valence electrons. The molecule has 0 spiro atoms. The molecule has 0 saturated heterocycles.